The van der Waals surface area contributed by atoms with E-state index in [1.807, 2.05) is 46.9 Å². The van der Waals surface area contributed by atoms with Crippen LogP contribution in [0.4, 0.5) is 0 Å². The Bertz CT molecular complexity index is 1410. The lowest BCUT2D eigenvalue weighted by Crippen LogP contribution is -2.24. The van der Waals surface area contributed by atoms with Crippen LogP contribution in [-0.2, 0) is 13.0 Å². The normalized spacial score (nSPS) is 11.6. The lowest BCUT2D eigenvalue weighted by atomic mass is 10.0. The molecular weight excluding hydrogens is 384 g/mol. The van der Waals surface area contributed by atoms with E-state index in [2.05, 4.69) is 60.4 Å². The van der Waals surface area contributed by atoms with Crippen molar-refractivity contribution in [3.05, 3.63) is 100 Å². The minimum atomic E-state index is -0.0341. The van der Waals surface area contributed by atoms with Gasteiger partial charge in [0.1, 0.15) is 0 Å². The minimum Gasteiger partial charge on any atom is -0.276 e. The summed E-state index contributed by atoms with van der Waals surface area (Å²) in [6, 6.07) is 26.3. The molecule has 3 aromatic carbocycles. The lowest BCUT2D eigenvalue weighted by Gasteiger charge is -2.12. The van der Waals surface area contributed by atoms with Crippen molar-refractivity contribution in [3.63, 3.8) is 0 Å². The molecule has 5 aromatic rings. The first-order chi connectivity index (χ1) is 15.1. The van der Waals surface area contributed by atoms with Gasteiger partial charge in [-0.1, -0.05) is 80.6 Å². The predicted molar refractivity (Wildman–Crippen MR) is 124 cm³/mol. The summed E-state index contributed by atoms with van der Waals surface area (Å²) in [5.41, 5.74) is 4.24. The molecule has 31 heavy (non-hydrogen) atoms. The van der Waals surface area contributed by atoms with Crippen molar-refractivity contribution in [2.75, 3.05) is 0 Å². The van der Waals surface area contributed by atoms with Crippen molar-refractivity contribution >= 4 is 16.7 Å². The molecule has 2 aromatic heterocycles. The van der Waals surface area contributed by atoms with Crippen molar-refractivity contribution < 1.29 is 0 Å². The molecule has 5 nitrogen and oxygen atoms in total. The lowest BCUT2D eigenvalue weighted by molar-refractivity contribution is 0.678. The summed E-state index contributed by atoms with van der Waals surface area (Å²) < 4.78 is 3.75. The van der Waals surface area contributed by atoms with E-state index in [4.69, 9.17) is 0 Å². The van der Waals surface area contributed by atoms with Gasteiger partial charge in [0.2, 0.25) is 5.78 Å². The van der Waals surface area contributed by atoms with Gasteiger partial charge in [0.25, 0.3) is 5.56 Å². The highest BCUT2D eigenvalue weighted by Gasteiger charge is 2.17. The summed E-state index contributed by atoms with van der Waals surface area (Å²) in [4.78, 5) is 13.3. The van der Waals surface area contributed by atoms with Crippen LogP contribution in [0.25, 0.3) is 28.1 Å². The van der Waals surface area contributed by atoms with E-state index >= 15 is 0 Å². The fourth-order valence-corrected chi connectivity index (χ4v) is 4.05. The summed E-state index contributed by atoms with van der Waals surface area (Å²) in [7, 11) is 0. The van der Waals surface area contributed by atoms with Gasteiger partial charge in [-0.25, -0.2) is 0 Å². The van der Waals surface area contributed by atoms with Gasteiger partial charge in [0.05, 0.1) is 10.9 Å². The first-order valence-corrected chi connectivity index (χ1v) is 10.6. The number of benzene rings is 3. The fraction of sp³-hybridized carbons (Fsp3) is 0.192. The maximum atomic E-state index is 13.3. The van der Waals surface area contributed by atoms with E-state index in [1.165, 1.54) is 11.1 Å². The molecule has 0 saturated heterocycles. The second-order valence-electron chi connectivity index (χ2n) is 8.15. The summed E-state index contributed by atoms with van der Waals surface area (Å²) in [6.45, 7) is 4.91. The third-order valence-electron chi connectivity index (χ3n) is 5.81. The molecule has 0 aliphatic heterocycles. The number of para-hydroxylation sites is 1. The predicted octanol–water partition coefficient (Wildman–Crippen LogP) is 5.08. The van der Waals surface area contributed by atoms with Gasteiger partial charge in [-0.15, -0.1) is 10.2 Å². The standard InChI is InChI=1S/C26H24N4O/c1-18(2)20-12-14-21(15-13-20)24-27-28-26-29(17-16-19-8-4-3-5-9-19)25(31)22-10-6-7-11-23(22)30(24)26/h3-15,18H,16-17H2,1-2H3. The Labute approximate surface area is 180 Å². The molecule has 0 aliphatic carbocycles. The van der Waals surface area contributed by atoms with Crippen molar-refractivity contribution in [1.29, 1.82) is 0 Å². The van der Waals surface area contributed by atoms with Crippen molar-refractivity contribution in [1.82, 2.24) is 19.2 Å². The molecule has 154 valence electrons. The van der Waals surface area contributed by atoms with Crippen molar-refractivity contribution in [2.45, 2.75) is 32.7 Å². The molecule has 0 spiro atoms. The highest BCUT2D eigenvalue weighted by molar-refractivity contribution is 5.82. The van der Waals surface area contributed by atoms with Crippen LogP contribution in [0.5, 0.6) is 0 Å². The number of nitrogens with zero attached hydrogens (tertiary/aromatic N) is 4. The Morgan fingerprint density at radius 2 is 1.55 bits per heavy atom. The third kappa shape index (κ3) is 3.42. The SMILES string of the molecule is CC(C)c1ccc(-c2nnc3n(CCc4ccccc4)c(=O)c4ccccc4n23)cc1. The van der Waals surface area contributed by atoms with E-state index in [0.717, 1.165) is 23.3 Å². The van der Waals surface area contributed by atoms with E-state index < -0.39 is 0 Å². The highest BCUT2D eigenvalue weighted by atomic mass is 16.1. The monoisotopic (exact) mass is 408 g/mol. The third-order valence-corrected chi connectivity index (χ3v) is 5.81. The fourth-order valence-electron chi connectivity index (χ4n) is 4.05. The second-order valence-corrected chi connectivity index (χ2v) is 8.15. The number of aryl methyl sites for hydroxylation is 2. The number of hydrogen-bond donors (Lipinski definition) is 0. The van der Waals surface area contributed by atoms with Crippen LogP contribution in [0.1, 0.15) is 30.9 Å². The Balaban J connectivity index is 1.69. The minimum absolute atomic E-state index is 0.0341. The first-order valence-electron chi connectivity index (χ1n) is 10.6. The van der Waals surface area contributed by atoms with E-state index in [0.29, 0.717) is 23.6 Å². The Morgan fingerprint density at radius 3 is 2.29 bits per heavy atom. The van der Waals surface area contributed by atoms with Crippen molar-refractivity contribution in [2.24, 2.45) is 0 Å². The molecule has 0 amide bonds. The molecular formula is C26H24N4O. The zero-order valence-corrected chi connectivity index (χ0v) is 17.7. The zero-order valence-electron chi connectivity index (χ0n) is 17.7. The van der Waals surface area contributed by atoms with Crippen LogP contribution < -0.4 is 5.56 Å². The second kappa shape index (κ2) is 7.84. The molecule has 2 heterocycles. The Hall–Kier alpha value is -3.73. The summed E-state index contributed by atoms with van der Waals surface area (Å²) >= 11 is 0. The number of hydrogen-bond acceptors (Lipinski definition) is 3. The smallest absolute Gasteiger partial charge is 0.262 e. The number of aromatic nitrogens is 4. The van der Waals surface area contributed by atoms with Gasteiger partial charge in [-0.2, -0.15) is 0 Å². The molecule has 0 aliphatic rings. The number of fused-ring (bicyclic) bond motifs is 3. The summed E-state index contributed by atoms with van der Waals surface area (Å²) in [5, 5.41) is 9.62. The highest BCUT2D eigenvalue weighted by Crippen LogP contribution is 2.24. The molecule has 5 rings (SSSR count). The van der Waals surface area contributed by atoms with E-state index in [9.17, 15) is 4.79 Å². The van der Waals surface area contributed by atoms with E-state index in [1.54, 1.807) is 4.57 Å². The van der Waals surface area contributed by atoms with Crippen LogP contribution >= 0.6 is 0 Å². The maximum Gasteiger partial charge on any atom is 0.262 e. The summed E-state index contributed by atoms with van der Waals surface area (Å²) in [6.07, 6.45) is 0.750. The molecule has 0 atom stereocenters. The number of rotatable bonds is 5. The molecule has 0 N–H and O–H groups in total. The average molecular weight is 409 g/mol. The first kappa shape index (κ1) is 19.2. The molecule has 0 fully saturated rings. The Morgan fingerprint density at radius 1 is 0.839 bits per heavy atom. The van der Waals surface area contributed by atoms with Crippen LogP contribution in [0.3, 0.4) is 0 Å². The molecule has 5 heteroatoms. The van der Waals surface area contributed by atoms with Gasteiger partial charge in [-0.05, 0) is 35.6 Å². The van der Waals surface area contributed by atoms with E-state index in [-0.39, 0.29) is 5.56 Å². The largest absolute Gasteiger partial charge is 0.276 e. The molecule has 0 unspecified atom stereocenters. The van der Waals surface area contributed by atoms with Crippen LogP contribution in [0, 0.1) is 0 Å². The van der Waals surface area contributed by atoms with Gasteiger partial charge in [-0.3, -0.25) is 13.8 Å². The van der Waals surface area contributed by atoms with Gasteiger partial charge < -0.3 is 0 Å². The average Bonchev–Trinajstić information content (AvgIpc) is 3.25. The van der Waals surface area contributed by atoms with Gasteiger partial charge in [0.15, 0.2) is 5.82 Å². The maximum absolute atomic E-state index is 13.3. The molecule has 0 radical (unpaired) electrons. The van der Waals surface area contributed by atoms with Crippen LogP contribution in [0.15, 0.2) is 83.7 Å². The van der Waals surface area contributed by atoms with Gasteiger partial charge in [0, 0.05) is 12.1 Å². The van der Waals surface area contributed by atoms with Crippen LogP contribution in [-0.4, -0.2) is 19.2 Å². The quantitative estimate of drug-likeness (QED) is 0.408. The molecule has 0 bridgehead atoms. The zero-order chi connectivity index (χ0) is 21.4. The summed E-state index contributed by atoms with van der Waals surface area (Å²) in [5.74, 6) is 1.78. The Kier molecular flexibility index (Phi) is 4.86. The van der Waals surface area contributed by atoms with Gasteiger partial charge >= 0.3 is 0 Å². The van der Waals surface area contributed by atoms with Crippen LogP contribution in [0.2, 0.25) is 0 Å². The van der Waals surface area contributed by atoms with Crippen molar-refractivity contribution in [3.8, 4) is 11.4 Å². The molecule has 0 saturated carbocycles. The topological polar surface area (TPSA) is 52.2 Å².